The molecule has 4 heteroatoms. The molecule has 0 N–H and O–H groups in total. The van der Waals surface area contributed by atoms with Crippen LogP contribution in [0.25, 0.3) is 0 Å². The summed E-state index contributed by atoms with van der Waals surface area (Å²) in [4.78, 5) is 4.85. The fourth-order valence-corrected chi connectivity index (χ4v) is 3.87. The number of aliphatic imine (C=N–C) groups is 1. The summed E-state index contributed by atoms with van der Waals surface area (Å²) >= 11 is 1.77. The Morgan fingerprint density at radius 1 is 0.958 bits per heavy atom. The lowest BCUT2D eigenvalue weighted by atomic mass is 10.0. The smallest absolute Gasteiger partial charge is 0.181 e. The van der Waals surface area contributed by atoms with E-state index in [1.165, 1.54) is 5.56 Å². The maximum Gasteiger partial charge on any atom is 0.181 e. The van der Waals surface area contributed by atoms with Crippen molar-refractivity contribution in [3.63, 3.8) is 0 Å². The van der Waals surface area contributed by atoms with Crippen LogP contribution in [0.3, 0.4) is 0 Å². The molecule has 0 fully saturated rings. The monoisotopic (exact) mass is 337 g/mol. The van der Waals surface area contributed by atoms with E-state index in [1.807, 2.05) is 24.2 Å². The molecule has 0 saturated carbocycles. The second kappa shape index (κ2) is 6.81. The van der Waals surface area contributed by atoms with Crippen molar-refractivity contribution >= 4 is 22.6 Å². The van der Waals surface area contributed by atoms with Crippen molar-refractivity contribution in [1.29, 1.82) is 0 Å². The van der Waals surface area contributed by atoms with Gasteiger partial charge in [-0.3, -0.25) is 4.99 Å². The van der Waals surface area contributed by atoms with Gasteiger partial charge in [-0.25, -0.2) is 5.01 Å². The molecule has 0 bridgehead atoms. The van der Waals surface area contributed by atoms with Crippen molar-refractivity contribution in [2.45, 2.75) is 31.6 Å². The number of benzene rings is 2. The Hall–Kier alpha value is -2.07. The minimum absolute atomic E-state index is 0.127. The lowest BCUT2D eigenvalue weighted by Crippen LogP contribution is -2.32. The molecule has 1 aliphatic rings. The van der Waals surface area contributed by atoms with Gasteiger partial charge in [0, 0.05) is 7.05 Å². The molecule has 124 valence electrons. The predicted octanol–water partition coefficient (Wildman–Crippen LogP) is 4.97. The summed E-state index contributed by atoms with van der Waals surface area (Å²) in [5.74, 6) is 0. The van der Waals surface area contributed by atoms with Crippen molar-refractivity contribution in [2.24, 2.45) is 10.1 Å². The van der Waals surface area contributed by atoms with Crippen molar-refractivity contribution in [1.82, 2.24) is 5.01 Å². The number of hydrazone groups is 1. The van der Waals surface area contributed by atoms with Gasteiger partial charge in [0.2, 0.25) is 0 Å². The SMILES string of the molecule is CN1N=C(c2ccccc2)C(c2ccccc2)SC1=NC(C)(C)C. The number of hydrogen-bond acceptors (Lipinski definition) is 3. The number of hydrogen-bond donors (Lipinski definition) is 0. The number of thioether (sulfide) groups is 1. The molecule has 1 heterocycles. The average Bonchev–Trinajstić information content (AvgIpc) is 2.57. The van der Waals surface area contributed by atoms with E-state index in [0.29, 0.717) is 0 Å². The zero-order chi connectivity index (χ0) is 17.2. The van der Waals surface area contributed by atoms with Gasteiger partial charge in [-0.15, -0.1) is 0 Å². The van der Waals surface area contributed by atoms with E-state index >= 15 is 0 Å². The highest BCUT2D eigenvalue weighted by molar-refractivity contribution is 8.14. The summed E-state index contributed by atoms with van der Waals surface area (Å²) in [5.41, 5.74) is 3.35. The van der Waals surface area contributed by atoms with Gasteiger partial charge in [0.1, 0.15) is 0 Å². The maximum atomic E-state index is 4.87. The van der Waals surface area contributed by atoms with Crippen LogP contribution in [0.15, 0.2) is 70.8 Å². The molecule has 0 radical (unpaired) electrons. The highest BCUT2D eigenvalue weighted by atomic mass is 32.2. The van der Waals surface area contributed by atoms with E-state index in [4.69, 9.17) is 10.1 Å². The summed E-state index contributed by atoms with van der Waals surface area (Å²) in [6.07, 6.45) is 0. The van der Waals surface area contributed by atoms with Crippen molar-refractivity contribution < 1.29 is 0 Å². The van der Waals surface area contributed by atoms with Crippen LogP contribution in [0.4, 0.5) is 0 Å². The standard InChI is InChI=1S/C20H23N3S/c1-20(2,3)21-19-23(4)22-17(15-11-7-5-8-12-15)18(24-19)16-13-9-6-10-14-16/h5-14,18H,1-4H3. The third-order valence-corrected chi connectivity index (χ3v) is 4.91. The molecule has 2 aromatic rings. The van der Waals surface area contributed by atoms with E-state index < -0.39 is 0 Å². The topological polar surface area (TPSA) is 28.0 Å². The summed E-state index contributed by atoms with van der Waals surface area (Å²) in [6, 6.07) is 20.9. The first kappa shape index (κ1) is 16.8. The summed E-state index contributed by atoms with van der Waals surface area (Å²) in [7, 11) is 1.97. The quantitative estimate of drug-likeness (QED) is 0.774. The van der Waals surface area contributed by atoms with E-state index in [0.717, 1.165) is 16.4 Å². The minimum atomic E-state index is -0.127. The fraction of sp³-hybridized carbons (Fsp3) is 0.300. The fourth-order valence-electron chi connectivity index (χ4n) is 2.55. The predicted molar refractivity (Wildman–Crippen MR) is 105 cm³/mol. The molecule has 0 saturated heterocycles. The van der Waals surface area contributed by atoms with Crippen molar-refractivity contribution in [3.05, 3.63) is 71.8 Å². The Bertz CT molecular complexity index is 745. The van der Waals surface area contributed by atoms with Gasteiger partial charge in [-0.2, -0.15) is 5.10 Å². The average molecular weight is 337 g/mol. The number of rotatable bonds is 2. The van der Waals surface area contributed by atoms with Gasteiger partial charge in [0.15, 0.2) is 5.17 Å². The van der Waals surface area contributed by atoms with Crippen molar-refractivity contribution in [3.8, 4) is 0 Å². The van der Waals surface area contributed by atoms with Gasteiger partial charge in [0.25, 0.3) is 0 Å². The molecule has 2 aromatic carbocycles. The molecule has 0 aromatic heterocycles. The zero-order valence-corrected chi connectivity index (χ0v) is 15.4. The first-order chi connectivity index (χ1) is 11.4. The first-order valence-electron chi connectivity index (χ1n) is 8.13. The Morgan fingerprint density at radius 3 is 2.12 bits per heavy atom. The highest BCUT2D eigenvalue weighted by Crippen LogP contribution is 2.38. The van der Waals surface area contributed by atoms with Crippen LogP contribution >= 0.6 is 11.8 Å². The molecular weight excluding hydrogens is 314 g/mol. The van der Waals surface area contributed by atoms with E-state index in [1.54, 1.807) is 11.8 Å². The summed E-state index contributed by atoms with van der Waals surface area (Å²) in [5, 5.41) is 7.87. The molecule has 1 aliphatic heterocycles. The van der Waals surface area contributed by atoms with Crippen LogP contribution in [-0.4, -0.2) is 28.5 Å². The molecule has 1 atom stereocenters. The van der Waals surface area contributed by atoms with Gasteiger partial charge in [0.05, 0.1) is 16.5 Å². The van der Waals surface area contributed by atoms with Gasteiger partial charge < -0.3 is 0 Å². The molecule has 0 amide bonds. The van der Waals surface area contributed by atoms with Crippen molar-refractivity contribution in [2.75, 3.05) is 7.05 Å². The lowest BCUT2D eigenvalue weighted by Gasteiger charge is -2.31. The maximum absolute atomic E-state index is 4.87. The Balaban J connectivity index is 2.08. The first-order valence-corrected chi connectivity index (χ1v) is 9.01. The van der Waals surface area contributed by atoms with Crippen LogP contribution in [0.1, 0.15) is 37.1 Å². The second-order valence-electron chi connectivity index (χ2n) is 6.85. The summed E-state index contributed by atoms with van der Waals surface area (Å²) < 4.78 is 0. The minimum Gasteiger partial charge on any atom is -0.255 e. The third-order valence-electron chi connectivity index (χ3n) is 3.61. The van der Waals surface area contributed by atoms with Crippen LogP contribution in [0.2, 0.25) is 0 Å². The second-order valence-corrected chi connectivity index (χ2v) is 7.92. The Morgan fingerprint density at radius 2 is 1.54 bits per heavy atom. The van der Waals surface area contributed by atoms with Gasteiger partial charge in [-0.1, -0.05) is 72.4 Å². The third kappa shape index (κ3) is 3.88. The number of amidine groups is 1. The Labute approximate surface area is 148 Å². The molecule has 0 spiro atoms. The van der Waals surface area contributed by atoms with E-state index in [9.17, 15) is 0 Å². The van der Waals surface area contributed by atoms with Gasteiger partial charge >= 0.3 is 0 Å². The molecule has 3 rings (SSSR count). The highest BCUT2D eigenvalue weighted by Gasteiger charge is 2.30. The van der Waals surface area contributed by atoms with E-state index in [2.05, 4.69) is 69.3 Å². The van der Waals surface area contributed by atoms with Gasteiger partial charge in [-0.05, 0) is 31.9 Å². The van der Waals surface area contributed by atoms with Crippen LogP contribution in [0.5, 0.6) is 0 Å². The molecule has 0 aliphatic carbocycles. The molecular formula is C20H23N3S. The van der Waals surface area contributed by atoms with E-state index in [-0.39, 0.29) is 10.8 Å². The molecule has 3 nitrogen and oxygen atoms in total. The van der Waals surface area contributed by atoms with Crippen LogP contribution < -0.4 is 0 Å². The number of nitrogens with zero attached hydrogens (tertiary/aromatic N) is 3. The largest absolute Gasteiger partial charge is 0.255 e. The van der Waals surface area contributed by atoms with Crippen LogP contribution in [-0.2, 0) is 0 Å². The molecule has 24 heavy (non-hydrogen) atoms. The lowest BCUT2D eigenvalue weighted by molar-refractivity contribution is 0.518. The Kier molecular flexibility index (Phi) is 4.76. The summed E-state index contributed by atoms with van der Waals surface area (Å²) in [6.45, 7) is 6.34. The normalized spacial score (nSPS) is 20.2. The zero-order valence-electron chi connectivity index (χ0n) is 14.6. The molecule has 1 unspecified atom stereocenters. The van der Waals surface area contributed by atoms with Crippen LogP contribution in [0, 0.1) is 0 Å².